The van der Waals surface area contributed by atoms with Crippen molar-refractivity contribution in [2.75, 3.05) is 17.3 Å². The van der Waals surface area contributed by atoms with E-state index in [1.54, 1.807) is 48.5 Å². The van der Waals surface area contributed by atoms with Crippen LogP contribution >= 0.6 is 0 Å². The minimum atomic E-state index is -1.44. The molecule has 142 valence electrons. The highest BCUT2D eigenvalue weighted by Crippen LogP contribution is 2.44. The maximum absolute atomic E-state index is 13.4. The fourth-order valence-corrected chi connectivity index (χ4v) is 3.98. The van der Waals surface area contributed by atoms with E-state index in [4.69, 9.17) is 0 Å². The molecule has 4 rings (SSSR count). The third-order valence-electron chi connectivity index (χ3n) is 5.43. The lowest BCUT2D eigenvalue weighted by atomic mass is 9.96. The number of benzene rings is 2. The Morgan fingerprint density at radius 2 is 1.82 bits per heavy atom. The monoisotopic (exact) mass is 377 g/mol. The Bertz CT molecular complexity index is 1030. The quantitative estimate of drug-likeness (QED) is 0.833. The predicted octanol–water partition coefficient (Wildman–Crippen LogP) is 2.44. The molecule has 0 radical (unpaired) electrons. The number of para-hydroxylation sites is 1. The van der Waals surface area contributed by atoms with Gasteiger partial charge in [0.25, 0.3) is 11.8 Å². The molecular weight excluding hydrogens is 358 g/mol. The van der Waals surface area contributed by atoms with Crippen molar-refractivity contribution in [2.24, 2.45) is 0 Å². The van der Waals surface area contributed by atoms with Gasteiger partial charge in [0.2, 0.25) is 11.6 Å². The number of amides is 3. The van der Waals surface area contributed by atoms with Crippen molar-refractivity contribution in [3.63, 3.8) is 0 Å². The Hall–Kier alpha value is -3.48. The Labute approximate surface area is 161 Å². The first-order valence-corrected chi connectivity index (χ1v) is 8.99. The molecular formula is C21H19N3O4. The summed E-state index contributed by atoms with van der Waals surface area (Å²) in [5.41, 5.74) is 0.302. The van der Waals surface area contributed by atoms with Gasteiger partial charge in [-0.2, -0.15) is 0 Å². The maximum atomic E-state index is 13.4. The Kier molecular flexibility index (Phi) is 4.03. The van der Waals surface area contributed by atoms with E-state index < -0.39 is 11.6 Å². The van der Waals surface area contributed by atoms with Crippen molar-refractivity contribution in [3.05, 3.63) is 59.7 Å². The molecule has 1 atom stereocenters. The van der Waals surface area contributed by atoms with Crippen LogP contribution in [0.3, 0.4) is 0 Å². The van der Waals surface area contributed by atoms with Crippen LogP contribution < -0.4 is 10.2 Å². The number of ketones is 1. The third-order valence-corrected chi connectivity index (χ3v) is 5.43. The molecule has 2 aromatic rings. The third kappa shape index (κ3) is 2.43. The molecule has 2 aromatic carbocycles. The summed E-state index contributed by atoms with van der Waals surface area (Å²) in [5.74, 6) is -1.12. The van der Waals surface area contributed by atoms with Gasteiger partial charge in [0.15, 0.2) is 5.78 Å². The number of anilines is 2. The molecule has 0 saturated carbocycles. The van der Waals surface area contributed by atoms with Gasteiger partial charge in [-0.25, -0.2) is 0 Å². The fraction of sp³-hybridized carbons (Fsp3) is 0.238. The number of Topliss-reactive ketones (excluding diaryl/α,β-unsaturated/α-hetero) is 1. The van der Waals surface area contributed by atoms with Crippen LogP contribution in [-0.2, 0) is 9.59 Å². The lowest BCUT2D eigenvalue weighted by Gasteiger charge is -2.47. The van der Waals surface area contributed by atoms with Crippen molar-refractivity contribution in [2.45, 2.75) is 25.4 Å². The number of carbonyl (C=O) groups is 4. The van der Waals surface area contributed by atoms with E-state index in [1.165, 1.54) is 23.8 Å². The molecule has 2 heterocycles. The summed E-state index contributed by atoms with van der Waals surface area (Å²) in [5, 5.41) is 2.79. The second-order valence-corrected chi connectivity index (χ2v) is 7.02. The standard InChI is InChI=1S/C21H19N3O4/c1-13(25)14-6-5-7-15(12-14)22-20(28)21-11-10-18(26)24(21)17-9-4-3-8-16(17)19(27)23(21)2/h3-9,12H,10-11H2,1-2H3,(H,22,28)/t21-/m1/s1. The smallest absolute Gasteiger partial charge is 0.271 e. The number of nitrogens with zero attached hydrogens (tertiary/aromatic N) is 2. The number of fused-ring (bicyclic) bond motifs is 3. The maximum Gasteiger partial charge on any atom is 0.271 e. The lowest BCUT2D eigenvalue weighted by Crippen LogP contribution is -2.68. The van der Waals surface area contributed by atoms with Crippen molar-refractivity contribution >= 4 is 34.9 Å². The number of likely N-dealkylation sites (N-methyl/N-ethyl adjacent to an activating group) is 1. The van der Waals surface area contributed by atoms with E-state index in [-0.39, 0.29) is 30.4 Å². The summed E-state index contributed by atoms with van der Waals surface area (Å²) in [7, 11) is 1.54. The van der Waals surface area contributed by atoms with Crippen molar-refractivity contribution < 1.29 is 19.2 Å². The zero-order chi connectivity index (χ0) is 20.1. The molecule has 2 aliphatic rings. The summed E-state index contributed by atoms with van der Waals surface area (Å²) < 4.78 is 0. The van der Waals surface area contributed by atoms with Crippen LogP contribution in [-0.4, -0.2) is 41.1 Å². The van der Waals surface area contributed by atoms with Crippen LogP contribution in [0.2, 0.25) is 0 Å². The van der Waals surface area contributed by atoms with Crippen molar-refractivity contribution in [3.8, 4) is 0 Å². The van der Waals surface area contributed by atoms with Crippen LogP contribution in [0.5, 0.6) is 0 Å². The highest BCUT2D eigenvalue weighted by Gasteiger charge is 2.59. The van der Waals surface area contributed by atoms with Crippen LogP contribution in [0.4, 0.5) is 11.4 Å². The molecule has 0 bridgehead atoms. The molecule has 0 spiro atoms. The SMILES string of the molecule is CC(=O)c1cccc(NC(=O)[C@@]23CCC(=O)N2c2ccccc2C(=O)N3C)c1. The average molecular weight is 377 g/mol. The Morgan fingerprint density at radius 1 is 1.07 bits per heavy atom. The molecule has 1 fully saturated rings. The lowest BCUT2D eigenvalue weighted by molar-refractivity contribution is -0.128. The summed E-state index contributed by atoms with van der Waals surface area (Å²) in [6.07, 6.45) is 0.355. The molecule has 0 unspecified atom stereocenters. The van der Waals surface area contributed by atoms with E-state index in [0.29, 0.717) is 22.5 Å². The minimum Gasteiger partial charge on any atom is -0.322 e. The van der Waals surface area contributed by atoms with Crippen molar-refractivity contribution in [1.29, 1.82) is 0 Å². The minimum absolute atomic E-state index is 0.120. The van der Waals surface area contributed by atoms with E-state index in [1.807, 2.05) is 0 Å². The second-order valence-electron chi connectivity index (χ2n) is 7.02. The predicted molar refractivity (Wildman–Crippen MR) is 103 cm³/mol. The first kappa shape index (κ1) is 17.9. The second kappa shape index (κ2) is 6.30. The van der Waals surface area contributed by atoms with Gasteiger partial charge < -0.3 is 10.2 Å². The molecule has 1 saturated heterocycles. The van der Waals surface area contributed by atoms with E-state index in [9.17, 15) is 19.2 Å². The summed E-state index contributed by atoms with van der Waals surface area (Å²) in [6, 6.07) is 13.4. The fourth-order valence-electron chi connectivity index (χ4n) is 3.98. The molecule has 0 aliphatic carbocycles. The normalized spacial score (nSPS) is 20.6. The van der Waals surface area contributed by atoms with Crippen molar-refractivity contribution in [1.82, 2.24) is 4.90 Å². The molecule has 2 aliphatic heterocycles. The Morgan fingerprint density at radius 3 is 2.57 bits per heavy atom. The van der Waals surface area contributed by atoms with Crippen LogP contribution in [0.1, 0.15) is 40.5 Å². The van der Waals surface area contributed by atoms with Crippen LogP contribution in [0, 0.1) is 0 Å². The van der Waals surface area contributed by atoms with Gasteiger partial charge in [0.1, 0.15) is 0 Å². The van der Waals surface area contributed by atoms with Gasteiger partial charge in [-0.3, -0.25) is 24.1 Å². The molecule has 7 heteroatoms. The van der Waals surface area contributed by atoms with Gasteiger partial charge in [-0.05, 0) is 31.2 Å². The van der Waals surface area contributed by atoms with Gasteiger partial charge >= 0.3 is 0 Å². The number of nitrogens with one attached hydrogen (secondary N) is 1. The van der Waals surface area contributed by atoms with Gasteiger partial charge in [-0.15, -0.1) is 0 Å². The highest BCUT2D eigenvalue weighted by atomic mass is 16.2. The summed E-state index contributed by atoms with van der Waals surface area (Å²) in [6.45, 7) is 1.45. The summed E-state index contributed by atoms with van der Waals surface area (Å²) in [4.78, 5) is 53.4. The molecule has 3 amide bonds. The van der Waals surface area contributed by atoms with Crippen LogP contribution in [0.25, 0.3) is 0 Å². The number of hydrogen-bond acceptors (Lipinski definition) is 4. The van der Waals surface area contributed by atoms with E-state index in [2.05, 4.69) is 5.32 Å². The molecule has 1 N–H and O–H groups in total. The topological polar surface area (TPSA) is 86.8 Å². The van der Waals surface area contributed by atoms with Gasteiger partial charge in [-0.1, -0.05) is 24.3 Å². The average Bonchev–Trinajstić information content (AvgIpc) is 3.05. The number of carbonyl (C=O) groups excluding carboxylic acids is 4. The van der Waals surface area contributed by atoms with Gasteiger partial charge in [0.05, 0.1) is 11.3 Å². The largest absolute Gasteiger partial charge is 0.322 e. The van der Waals surface area contributed by atoms with E-state index in [0.717, 1.165) is 0 Å². The zero-order valence-corrected chi connectivity index (χ0v) is 15.6. The van der Waals surface area contributed by atoms with Gasteiger partial charge in [0, 0.05) is 31.1 Å². The van der Waals surface area contributed by atoms with Crippen LogP contribution in [0.15, 0.2) is 48.5 Å². The highest BCUT2D eigenvalue weighted by molar-refractivity contribution is 6.18. The molecule has 7 nitrogen and oxygen atoms in total. The van der Waals surface area contributed by atoms with E-state index >= 15 is 0 Å². The Balaban J connectivity index is 1.78. The molecule has 28 heavy (non-hydrogen) atoms. The first-order chi connectivity index (χ1) is 13.4. The zero-order valence-electron chi connectivity index (χ0n) is 15.6. The molecule has 0 aromatic heterocycles. The summed E-state index contributed by atoms with van der Waals surface area (Å²) >= 11 is 0. The number of hydrogen-bond donors (Lipinski definition) is 1. The first-order valence-electron chi connectivity index (χ1n) is 8.99. The number of rotatable bonds is 3.